The van der Waals surface area contributed by atoms with Gasteiger partial charge in [-0.1, -0.05) is 12.1 Å². The van der Waals surface area contributed by atoms with Crippen LogP contribution in [0.1, 0.15) is 29.1 Å². The standard InChI is InChI=1S/C18H21NO4/c1-13(19-9-11-22-12-10-19)16-7-8-17(23-16)14-3-5-15(6-4-14)18(20)21-2/h3-8,13H,9-12H2,1-2H3. The zero-order chi connectivity index (χ0) is 16.2. The minimum absolute atomic E-state index is 0.224. The van der Waals surface area contributed by atoms with Gasteiger partial charge in [-0.25, -0.2) is 4.79 Å². The molecule has 2 heterocycles. The van der Waals surface area contributed by atoms with Gasteiger partial charge in [0.2, 0.25) is 0 Å². The van der Waals surface area contributed by atoms with Crippen molar-refractivity contribution in [3.8, 4) is 11.3 Å². The van der Waals surface area contributed by atoms with Crippen LogP contribution in [0.25, 0.3) is 11.3 Å². The first-order valence-electron chi connectivity index (χ1n) is 7.79. The molecule has 1 aliphatic heterocycles. The van der Waals surface area contributed by atoms with E-state index in [9.17, 15) is 4.79 Å². The number of methoxy groups -OCH3 is 1. The summed E-state index contributed by atoms with van der Waals surface area (Å²) in [5.74, 6) is 1.41. The second-order valence-corrected chi connectivity index (χ2v) is 5.60. The number of ether oxygens (including phenoxy) is 2. The molecule has 0 radical (unpaired) electrons. The van der Waals surface area contributed by atoms with Gasteiger partial charge in [-0.15, -0.1) is 0 Å². The fourth-order valence-corrected chi connectivity index (χ4v) is 2.77. The molecule has 0 aliphatic carbocycles. The number of esters is 1. The topological polar surface area (TPSA) is 51.9 Å². The van der Waals surface area contributed by atoms with Gasteiger partial charge in [-0.2, -0.15) is 0 Å². The summed E-state index contributed by atoms with van der Waals surface area (Å²) in [5.41, 5.74) is 1.47. The summed E-state index contributed by atoms with van der Waals surface area (Å²) in [6, 6.07) is 11.4. The van der Waals surface area contributed by atoms with E-state index in [1.54, 1.807) is 12.1 Å². The van der Waals surface area contributed by atoms with Crippen LogP contribution in [0.3, 0.4) is 0 Å². The van der Waals surface area contributed by atoms with Crippen LogP contribution >= 0.6 is 0 Å². The van der Waals surface area contributed by atoms with Gasteiger partial charge < -0.3 is 13.9 Å². The number of benzene rings is 1. The zero-order valence-electron chi connectivity index (χ0n) is 13.5. The lowest BCUT2D eigenvalue weighted by atomic mass is 10.1. The number of morpholine rings is 1. The fourth-order valence-electron chi connectivity index (χ4n) is 2.77. The molecule has 122 valence electrons. The van der Waals surface area contributed by atoms with E-state index in [1.165, 1.54) is 7.11 Å². The van der Waals surface area contributed by atoms with Crippen molar-refractivity contribution in [1.82, 2.24) is 4.90 Å². The van der Waals surface area contributed by atoms with Gasteiger partial charge >= 0.3 is 5.97 Å². The normalized spacial score (nSPS) is 17.0. The van der Waals surface area contributed by atoms with Crippen LogP contribution in [0.5, 0.6) is 0 Å². The largest absolute Gasteiger partial charge is 0.465 e. The molecule has 0 bridgehead atoms. The fraction of sp³-hybridized carbons (Fsp3) is 0.389. The highest BCUT2D eigenvalue weighted by atomic mass is 16.5. The van der Waals surface area contributed by atoms with Gasteiger partial charge in [0.05, 0.1) is 31.9 Å². The Hall–Kier alpha value is -2.11. The lowest BCUT2D eigenvalue weighted by molar-refractivity contribution is 0.0158. The molecule has 1 unspecified atom stereocenters. The Morgan fingerprint density at radius 1 is 1.13 bits per heavy atom. The van der Waals surface area contributed by atoms with Crippen LogP contribution in [0.2, 0.25) is 0 Å². The van der Waals surface area contributed by atoms with Crippen molar-refractivity contribution in [1.29, 1.82) is 0 Å². The van der Waals surface area contributed by atoms with Crippen LogP contribution < -0.4 is 0 Å². The van der Waals surface area contributed by atoms with Crippen molar-refractivity contribution in [3.05, 3.63) is 47.7 Å². The van der Waals surface area contributed by atoms with E-state index in [1.807, 2.05) is 24.3 Å². The number of nitrogens with zero attached hydrogens (tertiary/aromatic N) is 1. The average molecular weight is 315 g/mol. The van der Waals surface area contributed by atoms with E-state index in [0.29, 0.717) is 5.56 Å². The van der Waals surface area contributed by atoms with Crippen LogP contribution in [0, 0.1) is 0 Å². The van der Waals surface area contributed by atoms with Gasteiger partial charge in [0, 0.05) is 18.7 Å². The van der Waals surface area contributed by atoms with Crippen LogP contribution in [-0.2, 0) is 9.47 Å². The molecule has 0 saturated carbocycles. The van der Waals surface area contributed by atoms with Crippen LogP contribution in [0.15, 0.2) is 40.8 Å². The van der Waals surface area contributed by atoms with E-state index < -0.39 is 0 Å². The highest BCUT2D eigenvalue weighted by molar-refractivity contribution is 5.89. The Labute approximate surface area is 135 Å². The van der Waals surface area contributed by atoms with Crippen molar-refractivity contribution in [2.75, 3.05) is 33.4 Å². The third kappa shape index (κ3) is 3.46. The molecular formula is C18H21NO4. The Morgan fingerprint density at radius 2 is 1.83 bits per heavy atom. The molecule has 1 atom stereocenters. The maximum absolute atomic E-state index is 11.5. The summed E-state index contributed by atoms with van der Waals surface area (Å²) in [4.78, 5) is 13.8. The quantitative estimate of drug-likeness (QED) is 0.811. The predicted molar refractivity (Wildman–Crippen MR) is 86.3 cm³/mol. The van der Waals surface area contributed by atoms with E-state index in [0.717, 1.165) is 43.4 Å². The first-order valence-corrected chi connectivity index (χ1v) is 7.79. The van der Waals surface area contributed by atoms with E-state index in [2.05, 4.69) is 11.8 Å². The van der Waals surface area contributed by atoms with Crippen molar-refractivity contribution in [2.45, 2.75) is 13.0 Å². The molecule has 1 saturated heterocycles. The minimum atomic E-state index is -0.336. The zero-order valence-corrected chi connectivity index (χ0v) is 13.5. The van der Waals surface area contributed by atoms with Crippen molar-refractivity contribution in [3.63, 3.8) is 0 Å². The Bertz CT molecular complexity index is 656. The lowest BCUT2D eigenvalue weighted by Gasteiger charge is -2.31. The smallest absolute Gasteiger partial charge is 0.337 e. The monoisotopic (exact) mass is 315 g/mol. The number of hydrogen-bond donors (Lipinski definition) is 0. The van der Waals surface area contributed by atoms with Gasteiger partial charge in [0.15, 0.2) is 0 Å². The number of carbonyl (C=O) groups excluding carboxylic acids is 1. The molecule has 2 aromatic rings. The summed E-state index contributed by atoms with van der Waals surface area (Å²) in [5, 5.41) is 0. The molecule has 1 aliphatic rings. The first-order chi connectivity index (χ1) is 11.2. The third-order valence-corrected chi connectivity index (χ3v) is 4.22. The molecule has 5 heteroatoms. The molecule has 0 spiro atoms. The minimum Gasteiger partial charge on any atom is -0.465 e. The van der Waals surface area contributed by atoms with Crippen LogP contribution in [-0.4, -0.2) is 44.3 Å². The maximum Gasteiger partial charge on any atom is 0.337 e. The number of rotatable bonds is 4. The summed E-state index contributed by atoms with van der Waals surface area (Å²) < 4.78 is 16.1. The molecule has 1 aromatic heterocycles. The van der Waals surface area contributed by atoms with Gasteiger partial charge in [-0.05, 0) is 31.2 Å². The maximum atomic E-state index is 11.5. The second-order valence-electron chi connectivity index (χ2n) is 5.60. The van der Waals surface area contributed by atoms with Gasteiger partial charge in [-0.3, -0.25) is 4.90 Å². The van der Waals surface area contributed by atoms with Crippen molar-refractivity contribution >= 4 is 5.97 Å². The number of hydrogen-bond acceptors (Lipinski definition) is 5. The summed E-state index contributed by atoms with van der Waals surface area (Å²) >= 11 is 0. The summed E-state index contributed by atoms with van der Waals surface area (Å²) in [6.45, 7) is 5.53. The number of furan rings is 1. The van der Waals surface area contributed by atoms with Gasteiger partial charge in [0.1, 0.15) is 11.5 Å². The SMILES string of the molecule is COC(=O)c1ccc(-c2ccc(C(C)N3CCOCC3)o2)cc1. The van der Waals surface area contributed by atoms with E-state index in [4.69, 9.17) is 13.9 Å². The Morgan fingerprint density at radius 3 is 2.48 bits per heavy atom. The molecular weight excluding hydrogens is 294 g/mol. The molecule has 1 aromatic carbocycles. The highest BCUT2D eigenvalue weighted by Crippen LogP contribution is 2.28. The highest BCUT2D eigenvalue weighted by Gasteiger charge is 2.21. The van der Waals surface area contributed by atoms with E-state index in [-0.39, 0.29) is 12.0 Å². The van der Waals surface area contributed by atoms with Crippen LogP contribution in [0.4, 0.5) is 0 Å². The van der Waals surface area contributed by atoms with E-state index >= 15 is 0 Å². The predicted octanol–water partition coefficient (Wildman–Crippen LogP) is 3.13. The lowest BCUT2D eigenvalue weighted by Crippen LogP contribution is -2.37. The first kappa shape index (κ1) is 15.8. The average Bonchev–Trinajstić information content (AvgIpc) is 3.11. The molecule has 3 rings (SSSR count). The molecule has 23 heavy (non-hydrogen) atoms. The molecule has 0 amide bonds. The number of carbonyl (C=O) groups is 1. The second kappa shape index (κ2) is 6.98. The van der Waals surface area contributed by atoms with Crippen molar-refractivity contribution in [2.24, 2.45) is 0 Å². The van der Waals surface area contributed by atoms with Gasteiger partial charge in [0.25, 0.3) is 0 Å². The Balaban J connectivity index is 1.74. The molecule has 5 nitrogen and oxygen atoms in total. The summed E-state index contributed by atoms with van der Waals surface area (Å²) in [7, 11) is 1.38. The molecule has 0 N–H and O–H groups in total. The third-order valence-electron chi connectivity index (χ3n) is 4.22. The molecule has 1 fully saturated rings. The summed E-state index contributed by atoms with van der Waals surface area (Å²) in [6.07, 6.45) is 0. The Kier molecular flexibility index (Phi) is 4.79. The van der Waals surface area contributed by atoms with Crippen molar-refractivity contribution < 1.29 is 18.7 Å².